The summed E-state index contributed by atoms with van der Waals surface area (Å²) >= 11 is 3.33. The van der Waals surface area contributed by atoms with Crippen molar-refractivity contribution in [3.8, 4) is 5.75 Å². The topological polar surface area (TPSA) is 107 Å². The number of benzene rings is 2. The minimum absolute atomic E-state index is 0.00152. The minimum atomic E-state index is -1.20. The van der Waals surface area contributed by atoms with Gasteiger partial charge in [0.2, 0.25) is 5.91 Å². The molecule has 0 aliphatic carbocycles. The molecule has 2 aromatic carbocycles. The second-order valence-electron chi connectivity index (χ2n) is 8.56. The van der Waals surface area contributed by atoms with Gasteiger partial charge in [-0.25, -0.2) is 14.0 Å². The van der Waals surface area contributed by atoms with Crippen LogP contribution < -0.4 is 4.74 Å². The number of halogens is 2. The molecular weight excluding hydrogens is 523 g/mol. The quantitative estimate of drug-likeness (QED) is 0.566. The lowest BCUT2D eigenvalue weighted by Crippen LogP contribution is -2.64. The van der Waals surface area contributed by atoms with Gasteiger partial charge in [0.15, 0.2) is 0 Å². The summed E-state index contributed by atoms with van der Waals surface area (Å²) in [6.07, 6.45) is -0.439. The van der Waals surface area contributed by atoms with Gasteiger partial charge in [-0.3, -0.25) is 9.69 Å². The number of ether oxygens (including phenoxy) is 1. The van der Waals surface area contributed by atoms with Crippen molar-refractivity contribution < 1.29 is 33.7 Å². The van der Waals surface area contributed by atoms with E-state index < -0.39 is 24.1 Å². The van der Waals surface area contributed by atoms with E-state index in [0.717, 1.165) is 5.56 Å². The Labute approximate surface area is 209 Å². The van der Waals surface area contributed by atoms with Crippen LogP contribution in [0, 0.1) is 5.82 Å². The summed E-state index contributed by atoms with van der Waals surface area (Å²) in [4.78, 5) is 38.8. The third kappa shape index (κ3) is 5.17. The van der Waals surface area contributed by atoms with Crippen LogP contribution in [0.1, 0.15) is 24.5 Å². The number of piperazine rings is 1. The second kappa shape index (κ2) is 10.1. The fraction of sp³-hybridized carbons (Fsp3) is 0.320. The van der Waals surface area contributed by atoms with Gasteiger partial charge in [-0.05, 0) is 51.2 Å². The van der Waals surface area contributed by atoms with E-state index in [2.05, 4.69) is 15.9 Å². The Morgan fingerprint density at radius 2 is 1.83 bits per heavy atom. The first-order valence-electron chi connectivity index (χ1n) is 11.1. The monoisotopic (exact) mass is 546 g/mol. The average molecular weight is 547 g/mol. The molecule has 2 N–H and O–H groups in total. The summed E-state index contributed by atoms with van der Waals surface area (Å²) in [5, 5.41) is 19.7. The molecule has 35 heavy (non-hydrogen) atoms. The predicted molar refractivity (Wildman–Crippen MR) is 129 cm³/mol. The van der Waals surface area contributed by atoms with E-state index in [4.69, 9.17) is 4.74 Å². The van der Waals surface area contributed by atoms with Crippen LogP contribution in [-0.4, -0.2) is 69.8 Å². The molecule has 1 saturated heterocycles. The van der Waals surface area contributed by atoms with Gasteiger partial charge in [-0.2, -0.15) is 0 Å². The number of aliphatic carboxylic acids is 1. The van der Waals surface area contributed by atoms with Crippen molar-refractivity contribution in [3.63, 3.8) is 0 Å². The van der Waals surface area contributed by atoms with E-state index in [1.807, 2.05) is 24.3 Å². The molecule has 0 unspecified atom stereocenters. The zero-order valence-corrected chi connectivity index (χ0v) is 20.5. The Balaban J connectivity index is 1.55. The highest BCUT2D eigenvalue weighted by Crippen LogP contribution is 2.38. The van der Waals surface area contributed by atoms with E-state index in [-0.39, 0.29) is 36.8 Å². The lowest BCUT2D eigenvalue weighted by Gasteiger charge is -2.49. The van der Waals surface area contributed by atoms with Crippen LogP contribution in [-0.2, 0) is 16.0 Å². The molecule has 2 atom stereocenters. The van der Waals surface area contributed by atoms with E-state index in [1.54, 1.807) is 6.07 Å². The summed E-state index contributed by atoms with van der Waals surface area (Å²) < 4.78 is 19.7. The van der Waals surface area contributed by atoms with Crippen molar-refractivity contribution in [1.82, 2.24) is 9.80 Å². The van der Waals surface area contributed by atoms with Crippen LogP contribution in [0.25, 0.3) is 5.57 Å². The lowest BCUT2D eigenvalue weighted by molar-refractivity contribution is -0.137. The molecule has 2 aliphatic rings. The first kappa shape index (κ1) is 24.7. The second-order valence-corrected chi connectivity index (χ2v) is 9.41. The Morgan fingerprint density at radius 3 is 2.46 bits per heavy atom. The average Bonchev–Trinajstić information content (AvgIpc) is 2.80. The first-order chi connectivity index (χ1) is 16.7. The number of carboxylic acids is 1. The Morgan fingerprint density at radius 1 is 1.11 bits per heavy atom. The van der Waals surface area contributed by atoms with Gasteiger partial charge in [0.05, 0.1) is 28.7 Å². The normalized spacial score (nSPS) is 19.5. The fourth-order valence-corrected chi connectivity index (χ4v) is 5.10. The highest BCUT2D eigenvalue weighted by molar-refractivity contribution is 9.10. The Hall–Kier alpha value is -3.40. The molecule has 0 aromatic heterocycles. The highest BCUT2D eigenvalue weighted by atomic mass is 79.9. The van der Waals surface area contributed by atoms with Crippen LogP contribution in [0.4, 0.5) is 9.18 Å². The number of carbonyl (C=O) groups is 3. The number of nitrogens with zero attached hydrogens (tertiary/aromatic N) is 2. The molecule has 8 nitrogen and oxygen atoms in total. The third-order valence-corrected chi connectivity index (χ3v) is 7.05. The van der Waals surface area contributed by atoms with E-state index in [9.17, 15) is 29.0 Å². The van der Waals surface area contributed by atoms with Crippen LogP contribution >= 0.6 is 15.9 Å². The number of rotatable bonds is 6. The number of fused-ring (bicyclic) bond motifs is 2. The molecule has 10 heteroatoms. The smallest absolute Gasteiger partial charge is 0.408 e. The van der Waals surface area contributed by atoms with E-state index >= 15 is 0 Å². The Kier molecular flexibility index (Phi) is 7.11. The molecule has 2 bridgehead atoms. The van der Waals surface area contributed by atoms with Crippen molar-refractivity contribution >= 4 is 39.5 Å². The Bertz CT molecular complexity index is 1200. The maximum absolute atomic E-state index is 13.4. The van der Waals surface area contributed by atoms with Crippen molar-refractivity contribution in [3.05, 3.63) is 69.5 Å². The fourth-order valence-electron chi connectivity index (χ4n) is 4.74. The molecule has 184 valence electrons. The molecule has 1 fully saturated rings. The number of carbonyl (C=O) groups excluding carboxylic acids is 1. The molecule has 0 saturated carbocycles. The number of carboxylic acid groups (broad SMARTS) is 2. The van der Waals surface area contributed by atoms with Crippen molar-refractivity contribution in [1.29, 1.82) is 0 Å². The summed E-state index contributed by atoms with van der Waals surface area (Å²) in [6, 6.07) is 10.1. The van der Waals surface area contributed by atoms with Crippen LogP contribution in [0.5, 0.6) is 5.75 Å². The molecule has 0 radical (unpaired) electrons. The number of hydrogen-bond donors (Lipinski definition) is 2. The van der Waals surface area contributed by atoms with Crippen molar-refractivity contribution in [2.45, 2.75) is 31.8 Å². The van der Waals surface area contributed by atoms with Crippen molar-refractivity contribution in [2.24, 2.45) is 0 Å². The molecule has 2 aliphatic heterocycles. The van der Waals surface area contributed by atoms with Gasteiger partial charge in [0, 0.05) is 32.5 Å². The third-order valence-electron chi connectivity index (χ3n) is 6.39. The van der Waals surface area contributed by atoms with Gasteiger partial charge in [0.1, 0.15) is 11.6 Å². The van der Waals surface area contributed by atoms with Crippen molar-refractivity contribution in [2.75, 3.05) is 19.7 Å². The van der Waals surface area contributed by atoms with Crippen LogP contribution in [0.2, 0.25) is 0 Å². The zero-order chi connectivity index (χ0) is 25.3. The van der Waals surface area contributed by atoms with Gasteiger partial charge in [-0.15, -0.1) is 0 Å². The SMILES string of the molecule is CC(=O)N1C[C@H]2CC(c3ccc(CCOc4cc(F)ccc4Br)cc3)=C(C(=O)O)[C@@H](C1)N2C(=O)O. The van der Waals surface area contributed by atoms with Gasteiger partial charge in [0.25, 0.3) is 0 Å². The number of hydrogen-bond acceptors (Lipinski definition) is 4. The lowest BCUT2D eigenvalue weighted by atomic mass is 9.82. The standard InChI is InChI=1S/C25H24BrFN2O6/c1-14(30)28-12-18-11-19(23(24(31)32)21(13-28)29(18)25(33)34)16-4-2-15(3-5-16)8-9-35-22-10-17(27)6-7-20(22)26/h2-7,10,18,21H,8-9,11-13H2,1H3,(H,31,32)(H,33,34)/t18-,21-/m1/s1. The highest BCUT2D eigenvalue weighted by Gasteiger charge is 2.47. The number of amides is 2. The molecule has 2 heterocycles. The summed E-state index contributed by atoms with van der Waals surface area (Å²) in [6.45, 7) is 1.95. The van der Waals surface area contributed by atoms with Gasteiger partial charge < -0.3 is 19.8 Å². The molecular formula is C25H24BrFN2O6. The molecule has 0 spiro atoms. The maximum Gasteiger partial charge on any atom is 0.408 e. The van der Waals surface area contributed by atoms with Crippen LogP contribution in [0.15, 0.2) is 52.5 Å². The molecule has 4 rings (SSSR count). The van der Waals surface area contributed by atoms with E-state index in [1.165, 1.54) is 28.9 Å². The zero-order valence-electron chi connectivity index (χ0n) is 18.9. The predicted octanol–water partition coefficient (Wildman–Crippen LogP) is 4.03. The first-order valence-corrected chi connectivity index (χ1v) is 11.8. The van der Waals surface area contributed by atoms with Gasteiger partial charge >= 0.3 is 12.1 Å². The molecule has 2 aromatic rings. The molecule has 2 amide bonds. The van der Waals surface area contributed by atoms with Gasteiger partial charge in [-0.1, -0.05) is 24.3 Å². The maximum atomic E-state index is 13.4. The summed E-state index contributed by atoms with van der Waals surface area (Å²) in [7, 11) is 0. The minimum Gasteiger partial charge on any atom is -0.492 e. The summed E-state index contributed by atoms with van der Waals surface area (Å²) in [5.74, 6) is -1.39. The summed E-state index contributed by atoms with van der Waals surface area (Å²) in [5.41, 5.74) is 2.24. The largest absolute Gasteiger partial charge is 0.492 e. The van der Waals surface area contributed by atoms with Crippen LogP contribution in [0.3, 0.4) is 0 Å². The van der Waals surface area contributed by atoms with E-state index in [0.29, 0.717) is 34.4 Å².